The number of benzene rings is 2. The fourth-order valence-electron chi connectivity index (χ4n) is 2.85. The smallest absolute Gasteiger partial charge is 0.337 e. The van der Waals surface area contributed by atoms with Crippen molar-refractivity contribution in [3.05, 3.63) is 59.5 Å². The van der Waals surface area contributed by atoms with Gasteiger partial charge in [0, 0.05) is 23.6 Å². The first-order valence-electron chi connectivity index (χ1n) is 7.14. The van der Waals surface area contributed by atoms with Crippen molar-refractivity contribution in [2.45, 2.75) is 20.4 Å². The Morgan fingerprint density at radius 1 is 1.23 bits per heavy atom. The molecule has 0 unspecified atom stereocenters. The molecule has 4 heteroatoms. The SMILES string of the molecule is CCn1cc(C(=O)O)c2cc(-c3ccc(F)cc3C)ccc21. The lowest BCUT2D eigenvalue weighted by molar-refractivity contribution is 0.0699. The fraction of sp³-hybridized carbons (Fsp3) is 0.167. The van der Waals surface area contributed by atoms with Crippen LogP contribution in [-0.2, 0) is 6.54 Å². The highest BCUT2D eigenvalue weighted by molar-refractivity contribution is 6.04. The van der Waals surface area contributed by atoms with Crippen LogP contribution in [0, 0.1) is 12.7 Å². The summed E-state index contributed by atoms with van der Waals surface area (Å²) in [7, 11) is 0. The number of hydrogen-bond donors (Lipinski definition) is 1. The van der Waals surface area contributed by atoms with Gasteiger partial charge in [0.25, 0.3) is 0 Å². The Kier molecular flexibility index (Phi) is 3.45. The van der Waals surface area contributed by atoms with Gasteiger partial charge in [-0.3, -0.25) is 0 Å². The molecule has 0 aliphatic rings. The van der Waals surface area contributed by atoms with Crippen molar-refractivity contribution in [1.82, 2.24) is 4.57 Å². The highest BCUT2D eigenvalue weighted by Gasteiger charge is 2.15. The Labute approximate surface area is 127 Å². The van der Waals surface area contributed by atoms with E-state index in [2.05, 4.69) is 0 Å². The second-order valence-corrected chi connectivity index (χ2v) is 5.33. The number of carboxylic acid groups (broad SMARTS) is 1. The van der Waals surface area contributed by atoms with Crippen molar-refractivity contribution in [3.8, 4) is 11.1 Å². The van der Waals surface area contributed by atoms with Crippen LogP contribution < -0.4 is 0 Å². The zero-order valence-electron chi connectivity index (χ0n) is 12.4. The first kappa shape index (κ1) is 14.3. The van der Waals surface area contributed by atoms with Gasteiger partial charge >= 0.3 is 5.97 Å². The summed E-state index contributed by atoms with van der Waals surface area (Å²) in [4.78, 5) is 11.4. The minimum atomic E-state index is -0.940. The maximum Gasteiger partial charge on any atom is 0.337 e. The third-order valence-electron chi connectivity index (χ3n) is 3.95. The summed E-state index contributed by atoms with van der Waals surface area (Å²) in [5, 5.41) is 10.1. The second-order valence-electron chi connectivity index (χ2n) is 5.33. The Hall–Kier alpha value is -2.62. The van der Waals surface area contributed by atoms with Gasteiger partial charge in [0.15, 0.2) is 0 Å². The molecule has 3 rings (SSSR count). The van der Waals surface area contributed by atoms with E-state index in [1.165, 1.54) is 12.1 Å². The molecule has 0 aliphatic heterocycles. The summed E-state index contributed by atoms with van der Waals surface area (Å²) >= 11 is 0. The molecule has 1 aromatic heterocycles. The highest BCUT2D eigenvalue weighted by atomic mass is 19.1. The van der Waals surface area contributed by atoms with E-state index in [0.29, 0.717) is 17.5 Å². The van der Waals surface area contributed by atoms with Crippen molar-refractivity contribution < 1.29 is 14.3 Å². The van der Waals surface area contributed by atoms with Crippen LogP contribution in [0.25, 0.3) is 22.0 Å². The summed E-state index contributed by atoms with van der Waals surface area (Å²) < 4.78 is 15.2. The van der Waals surface area contributed by atoms with E-state index in [0.717, 1.165) is 22.2 Å². The molecule has 0 radical (unpaired) electrons. The molecule has 3 aromatic rings. The second kappa shape index (κ2) is 5.30. The van der Waals surface area contributed by atoms with E-state index < -0.39 is 5.97 Å². The average Bonchev–Trinajstić information content (AvgIpc) is 2.85. The van der Waals surface area contributed by atoms with Crippen molar-refractivity contribution >= 4 is 16.9 Å². The Balaban J connectivity index is 2.25. The monoisotopic (exact) mass is 297 g/mol. The molecule has 1 heterocycles. The third-order valence-corrected chi connectivity index (χ3v) is 3.95. The Bertz CT molecular complexity index is 880. The Morgan fingerprint density at radius 2 is 2.00 bits per heavy atom. The highest BCUT2D eigenvalue weighted by Crippen LogP contribution is 2.30. The molecule has 0 saturated heterocycles. The van der Waals surface area contributed by atoms with Gasteiger partial charge in [-0.2, -0.15) is 0 Å². The van der Waals surface area contributed by atoms with E-state index in [1.807, 2.05) is 36.6 Å². The van der Waals surface area contributed by atoms with Gasteiger partial charge < -0.3 is 9.67 Å². The zero-order valence-corrected chi connectivity index (χ0v) is 12.4. The molecule has 2 aromatic carbocycles. The maximum absolute atomic E-state index is 13.3. The van der Waals surface area contributed by atoms with Crippen LogP contribution in [0.3, 0.4) is 0 Å². The molecule has 0 amide bonds. The number of aryl methyl sites for hydroxylation is 2. The van der Waals surface area contributed by atoms with Gasteiger partial charge in [-0.1, -0.05) is 12.1 Å². The first-order valence-corrected chi connectivity index (χ1v) is 7.14. The molecule has 0 atom stereocenters. The van der Waals surface area contributed by atoms with Gasteiger partial charge in [0.2, 0.25) is 0 Å². The summed E-state index contributed by atoms with van der Waals surface area (Å²) in [5.41, 5.74) is 3.80. The van der Waals surface area contributed by atoms with Crippen LogP contribution >= 0.6 is 0 Å². The number of carboxylic acids is 1. The quantitative estimate of drug-likeness (QED) is 0.774. The molecular formula is C18H16FNO2. The predicted octanol–water partition coefficient (Wildman–Crippen LogP) is 4.47. The van der Waals surface area contributed by atoms with Crippen LogP contribution in [-0.4, -0.2) is 15.6 Å². The minimum Gasteiger partial charge on any atom is -0.478 e. The number of nitrogens with zero attached hydrogens (tertiary/aromatic N) is 1. The van der Waals surface area contributed by atoms with E-state index in [1.54, 1.807) is 12.3 Å². The largest absolute Gasteiger partial charge is 0.478 e. The van der Waals surface area contributed by atoms with Crippen LogP contribution in [0.5, 0.6) is 0 Å². The zero-order chi connectivity index (χ0) is 15.9. The molecule has 1 N–H and O–H groups in total. The molecule has 112 valence electrons. The van der Waals surface area contributed by atoms with Crippen LogP contribution in [0.1, 0.15) is 22.8 Å². The van der Waals surface area contributed by atoms with Gasteiger partial charge in [0.05, 0.1) is 5.56 Å². The lowest BCUT2D eigenvalue weighted by Crippen LogP contribution is -1.94. The van der Waals surface area contributed by atoms with Crippen LogP contribution in [0.2, 0.25) is 0 Å². The van der Waals surface area contributed by atoms with Crippen LogP contribution in [0.15, 0.2) is 42.6 Å². The van der Waals surface area contributed by atoms with E-state index in [9.17, 15) is 14.3 Å². The number of halogens is 1. The van der Waals surface area contributed by atoms with Crippen LogP contribution in [0.4, 0.5) is 4.39 Å². The van der Waals surface area contributed by atoms with E-state index >= 15 is 0 Å². The fourth-order valence-corrected chi connectivity index (χ4v) is 2.85. The molecule has 0 bridgehead atoms. The summed E-state index contributed by atoms with van der Waals surface area (Å²) in [6.07, 6.45) is 1.66. The average molecular weight is 297 g/mol. The summed E-state index contributed by atoms with van der Waals surface area (Å²) in [6, 6.07) is 10.4. The standard InChI is InChI=1S/C18H16FNO2/c1-3-20-10-16(18(21)22)15-9-12(4-7-17(15)20)14-6-5-13(19)8-11(14)2/h4-10H,3H2,1-2H3,(H,21,22). The number of rotatable bonds is 3. The Morgan fingerprint density at radius 3 is 2.64 bits per heavy atom. The third kappa shape index (κ3) is 2.26. The maximum atomic E-state index is 13.3. The molecule has 3 nitrogen and oxygen atoms in total. The normalized spacial score (nSPS) is 11.0. The molecular weight excluding hydrogens is 281 g/mol. The number of hydrogen-bond acceptors (Lipinski definition) is 1. The lowest BCUT2D eigenvalue weighted by atomic mass is 9.98. The van der Waals surface area contributed by atoms with Gasteiger partial charge in [-0.15, -0.1) is 0 Å². The van der Waals surface area contributed by atoms with Crippen molar-refractivity contribution in [2.24, 2.45) is 0 Å². The summed E-state index contributed by atoms with van der Waals surface area (Å²) in [5.74, 6) is -1.21. The van der Waals surface area contributed by atoms with Gasteiger partial charge in [-0.25, -0.2) is 9.18 Å². The topological polar surface area (TPSA) is 42.2 Å². The molecule has 0 aliphatic carbocycles. The van der Waals surface area contributed by atoms with Gasteiger partial charge in [0.1, 0.15) is 5.82 Å². The van der Waals surface area contributed by atoms with Gasteiger partial charge in [-0.05, 0) is 54.8 Å². The van der Waals surface area contributed by atoms with E-state index in [4.69, 9.17) is 0 Å². The van der Waals surface area contributed by atoms with Crippen molar-refractivity contribution in [3.63, 3.8) is 0 Å². The number of aromatic carboxylic acids is 1. The number of carbonyl (C=O) groups is 1. The predicted molar refractivity (Wildman–Crippen MR) is 84.7 cm³/mol. The van der Waals surface area contributed by atoms with Crippen molar-refractivity contribution in [2.75, 3.05) is 0 Å². The van der Waals surface area contributed by atoms with E-state index in [-0.39, 0.29) is 5.82 Å². The number of aromatic nitrogens is 1. The molecule has 0 fully saturated rings. The first-order chi connectivity index (χ1) is 10.5. The molecule has 22 heavy (non-hydrogen) atoms. The van der Waals surface area contributed by atoms with Crippen molar-refractivity contribution in [1.29, 1.82) is 0 Å². The number of fused-ring (bicyclic) bond motifs is 1. The summed E-state index contributed by atoms with van der Waals surface area (Å²) in [6.45, 7) is 4.53. The molecule has 0 saturated carbocycles. The minimum absolute atomic E-state index is 0.273. The molecule has 0 spiro atoms. The lowest BCUT2D eigenvalue weighted by Gasteiger charge is -2.07.